The van der Waals surface area contributed by atoms with E-state index in [0.717, 1.165) is 42.9 Å². The molecule has 0 fully saturated rings. The maximum atomic E-state index is 9.50. The molecule has 1 aliphatic heterocycles. The lowest BCUT2D eigenvalue weighted by Crippen LogP contribution is -2.28. The zero-order chi connectivity index (χ0) is 16.9. The summed E-state index contributed by atoms with van der Waals surface area (Å²) < 4.78 is 10.7. The van der Waals surface area contributed by atoms with E-state index in [1.54, 1.807) is 6.07 Å². The number of benzene rings is 2. The van der Waals surface area contributed by atoms with Crippen molar-refractivity contribution in [3.05, 3.63) is 47.5 Å². The fourth-order valence-corrected chi connectivity index (χ4v) is 2.77. The van der Waals surface area contributed by atoms with E-state index >= 15 is 0 Å². The summed E-state index contributed by atoms with van der Waals surface area (Å²) in [6.45, 7) is 3.30. The van der Waals surface area contributed by atoms with Crippen LogP contribution in [0.1, 0.15) is 24.5 Å². The fourth-order valence-electron chi connectivity index (χ4n) is 2.77. The van der Waals surface area contributed by atoms with Crippen molar-refractivity contribution in [2.45, 2.75) is 32.2 Å². The third-order valence-corrected chi connectivity index (χ3v) is 4.25. The van der Waals surface area contributed by atoms with Gasteiger partial charge in [0.15, 0.2) is 23.0 Å². The van der Waals surface area contributed by atoms with Crippen LogP contribution in [-0.4, -0.2) is 29.6 Å². The van der Waals surface area contributed by atoms with Gasteiger partial charge in [-0.05, 0) is 68.1 Å². The summed E-state index contributed by atoms with van der Waals surface area (Å²) >= 11 is 0. The number of hydrogen-bond acceptors (Lipinski definition) is 5. The largest absolute Gasteiger partial charge is 0.504 e. The molecule has 3 rings (SSSR count). The predicted molar refractivity (Wildman–Crippen MR) is 91.8 cm³/mol. The number of aromatic hydroxyl groups is 2. The van der Waals surface area contributed by atoms with Gasteiger partial charge in [-0.25, -0.2) is 0 Å². The van der Waals surface area contributed by atoms with E-state index in [1.165, 1.54) is 11.6 Å². The van der Waals surface area contributed by atoms with Crippen LogP contribution in [0, 0.1) is 0 Å². The molecule has 2 aromatic rings. The first-order valence-electron chi connectivity index (χ1n) is 8.24. The second-order valence-corrected chi connectivity index (χ2v) is 6.15. The first kappa shape index (κ1) is 16.5. The minimum absolute atomic E-state index is 0.0663. The maximum Gasteiger partial charge on any atom is 0.231 e. The van der Waals surface area contributed by atoms with Crippen molar-refractivity contribution in [2.75, 3.05) is 13.3 Å². The smallest absolute Gasteiger partial charge is 0.231 e. The highest BCUT2D eigenvalue weighted by Gasteiger charge is 2.13. The summed E-state index contributed by atoms with van der Waals surface area (Å²) in [5, 5.41) is 22.3. The maximum absolute atomic E-state index is 9.50. The molecule has 1 heterocycles. The normalized spacial score (nSPS) is 13.9. The Kier molecular flexibility index (Phi) is 5.11. The molecule has 0 amide bonds. The van der Waals surface area contributed by atoms with Gasteiger partial charge in [0.2, 0.25) is 6.79 Å². The van der Waals surface area contributed by atoms with E-state index in [9.17, 15) is 10.2 Å². The number of aryl methyl sites for hydroxylation is 1. The number of ether oxygens (including phenoxy) is 2. The number of phenolic OH excluding ortho intramolecular Hbond substituents is 2. The first-order chi connectivity index (χ1) is 11.6. The summed E-state index contributed by atoms with van der Waals surface area (Å²) in [5.41, 5.74) is 2.25. The Labute approximate surface area is 141 Å². The van der Waals surface area contributed by atoms with Crippen LogP contribution < -0.4 is 14.8 Å². The highest BCUT2D eigenvalue weighted by Crippen LogP contribution is 2.32. The molecule has 2 aromatic carbocycles. The fraction of sp³-hybridized carbons (Fsp3) is 0.368. The summed E-state index contributed by atoms with van der Waals surface area (Å²) in [5.74, 6) is 1.51. The topological polar surface area (TPSA) is 71.0 Å². The molecule has 24 heavy (non-hydrogen) atoms. The minimum Gasteiger partial charge on any atom is -0.504 e. The lowest BCUT2D eigenvalue weighted by molar-refractivity contribution is 0.174. The molecule has 128 valence electrons. The molecule has 0 bridgehead atoms. The van der Waals surface area contributed by atoms with Crippen molar-refractivity contribution in [3.8, 4) is 23.0 Å². The molecule has 0 aliphatic carbocycles. The van der Waals surface area contributed by atoms with E-state index in [-0.39, 0.29) is 11.5 Å². The zero-order valence-corrected chi connectivity index (χ0v) is 13.8. The van der Waals surface area contributed by atoms with Gasteiger partial charge in [-0.3, -0.25) is 0 Å². The third-order valence-electron chi connectivity index (χ3n) is 4.25. The molecule has 0 saturated carbocycles. The Morgan fingerprint density at radius 3 is 2.54 bits per heavy atom. The molecule has 5 nitrogen and oxygen atoms in total. The van der Waals surface area contributed by atoms with Gasteiger partial charge in [-0.15, -0.1) is 0 Å². The molecule has 0 aromatic heterocycles. The average molecular weight is 329 g/mol. The number of rotatable bonds is 7. The lowest BCUT2D eigenvalue weighted by atomic mass is 10.1. The van der Waals surface area contributed by atoms with E-state index < -0.39 is 0 Å². The molecule has 5 heteroatoms. The molecule has 1 aliphatic rings. The molecule has 0 spiro atoms. The van der Waals surface area contributed by atoms with Crippen LogP contribution in [-0.2, 0) is 12.8 Å². The van der Waals surface area contributed by atoms with Crippen molar-refractivity contribution in [1.82, 2.24) is 5.32 Å². The molecule has 0 saturated heterocycles. The van der Waals surface area contributed by atoms with Crippen LogP contribution in [0.4, 0.5) is 0 Å². The van der Waals surface area contributed by atoms with Crippen LogP contribution in [0.3, 0.4) is 0 Å². The summed E-state index contributed by atoms with van der Waals surface area (Å²) in [6.07, 6.45) is 2.81. The Morgan fingerprint density at radius 1 is 0.958 bits per heavy atom. The molecule has 3 N–H and O–H groups in total. The lowest BCUT2D eigenvalue weighted by Gasteiger charge is -2.14. The van der Waals surface area contributed by atoms with Gasteiger partial charge in [0.1, 0.15) is 0 Å². The number of phenols is 2. The van der Waals surface area contributed by atoms with E-state index in [2.05, 4.69) is 18.3 Å². The van der Waals surface area contributed by atoms with E-state index in [1.807, 2.05) is 18.2 Å². The SMILES string of the molecule is CC(CCc1ccc2c(c1)OCO2)NCCc1ccc(O)c(O)c1. The van der Waals surface area contributed by atoms with E-state index in [4.69, 9.17) is 9.47 Å². The van der Waals surface area contributed by atoms with Gasteiger partial charge in [-0.2, -0.15) is 0 Å². The Balaban J connectivity index is 1.41. The third kappa shape index (κ3) is 4.11. The van der Waals surface area contributed by atoms with Crippen LogP contribution in [0.15, 0.2) is 36.4 Å². The van der Waals surface area contributed by atoms with Crippen molar-refractivity contribution >= 4 is 0 Å². The van der Waals surface area contributed by atoms with Gasteiger partial charge in [-0.1, -0.05) is 12.1 Å². The number of fused-ring (bicyclic) bond motifs is 1. The van der Waals surface area contributed by atoms with Crippen LogP contribution >= 0.6 is 0 Å². The Bertz CT molecular complexity index is 702. The zero-order valence-electron chi connectivity index (χ0n) is 13.8. The Hall–Kier alpha value is -2.40. The summed E-state index contributed by atoms with van der Waals surface area (Å²) in [7, 11) is 0. The van der Waals surface area contributed by atoms with Gasteiger partial charge in [0.25, 0.3) is 0 Å². The summed E-state index contributed by atoms with van der Waals surface area (Å²) in [6, 6.07) is 11.4. The average Bonchev–Trinajstić information content (AvgIpc) is 3.04. The second kappa shape index (κ2) is 7.45. The molecular weight excluding hydrogens is 306 g/mol. The summed E-state index contributed by atoms with van der Waals surface area (Å²) in [4.78, 5) is 0. The van der Waals surface area contributed by atoms with Gasteiger partial charge in [0.05, 0.1) is 0 Å². The van der Waals surface area contributed by atoms with Crippen molar-refractivity contribution < 1.29 is 19.7 Å². The Morgan fingerprint density at radius 2 is 1.71 bits per heavy atom. The van der Waals surface area contributed by atoms with Crippen molar-refractivity contribution in [3.63, 3.8) is 0 Å². The molecule has 1 atom stereocenters. The monoisotopic (exact) mass is 329 g/mol. The van der Waals surface area contributed by atoms with Crippen LogP contribution in [0.2, 0.25) is 0 Å². The molecular formula is C19H23NO4. The second-order valence-electron chi connectivity index (χ2n) is 6.15. The van der Waals surface area contributed by atoms with Crippen molar-refractivity contribution in [2.24, 2.45) is 0 Å². The highest BCUT2D eigenvalue weighted by atomic mass is 16.7. The number of nitrogens with one attached hydrogen (secondary N) is 1. The highest BCUT2D eigenvalue weighted by molar-refractivity contribution is 5.44. The number of hydrogen-bond donors (Lipinski definition) is 3. The first-order valence-corrected chi connectivity index (χ1v) is 8.24. The standard InChI is InChI=1S/C19H23NO4/c1-13(20-9-8-15-4-6-16(21)17(22)10-15)2-3-14-5-7-18-19(11-14)24-12-23-18/h4-7,10-11,13,20-22H,2-3,8-9,12H2,1H3. The van der Waals surface area contributed by atoms with Crippen molar-refractivity contribution in [1.29, 1.82) is 0 Å². The van der Waals surface area contributed by atoms with Gasteiger partial charge in [0, 0.05) is 6.04 Å². The van der Waals surface area contributed by atoms with Crippen LogP contribution in [0.25, 0.3) is 0 Å². The molecule has 1 unspecified atom stereocenters. The van der Waals surface area contributed by atoms with Gasteiger partial charge >= 0.3 is 0 Å². The van der Waals surface area contributed by atoms with Gasteiger partial charge < -0.3 is 25.0 Å². The predicted octanol–water partition coefficient (Wildman–Crippen LogP) is 2.98. The van der Waals surface area contributed by atoms with Crippen LogP contribution in [0.5, 0.6) is 23.0 Å². The van der Waals surface area contributed by atoms with E-state index in [0.29, 0.717) is 12.8 Å². The quantitative estimate of drug-likeness (QED) is 0.681. The minimum atomic E-state index is -0.0798. The molecule has 0 radical (unpaired) electrons.